The van der Waals surface area contributed by atoms with Gasteiger partial charge in [0.1, 0.15) is 24.7 Å². The van der Waals surface area contributed by atoms with Gasteiger partial charge in [-0.25, -0.2) is 9.18 Å². The summed E-state index contributed by atoms with van der Waals surface area (Å²) in [7, 11) is 0. The third-order valence-electron chi connectivity index (χ3n) is 4.07. The Morgan fingerprint density at radius 1 is 1.11 bits per heavy atom. The summed E-state index contributed by atoms with van der Waals surface area (Å²) in [6.45, 7) is 1.52. The minimum Gasteiger partial charge on any atom is -0.492 e. The second kappa shape index (κ2) is 8.73. The Morgan fingerprint density at radius 3 is 2.52 bits per heavy atom. The fraction of sp³-hybridized carbons (Fsp3) is 0.263. The molecule has 3 amide bonds. The lowest BCUT2D eigenvalue weighted by Crippen LogP contribution is -2.41. The minimum atomic E-state index is -0.335. The lowest BCUT2D eigenvalue weighted by molar-refractivity contribution is -0.121. The highest BCUT2D eigenvalue weighted by Gasteiger charge is 2.30. The Bertz CT molecular complexity index is 799. The number of nitrogens with zero attached hydrogens (tertiary/aromatic N) is 2. The normalized spacial score (nSPS) is 13.8. The van der Waals surface area contributed by atoms with Crippen molar-refractivity contribution >= 4 is 29.2 Å². The van der Waals surface area contributed by atoms with Crippen molar-refractivity contribution in [2.24, 2.45) is 0 Å². The molecule has 6 nitrogen and oxygen atoms in total. The molecule has 27 heavy (non-hydrogen) atoms. The predicted octanol–water partition coefficient (Wildman–Crippen LogP) is 2.92. The van der Waals surface area contributed by atoms with Gasteiger partial charge in [0, 0.05) is 23.8 Å². The van der Waals surface area contributed by atoms with Crippen molar-refractivity contribution < 1.29 is 18.7 Å². The highest BCUT2D eigenvalue weighted by atomic mass is 35.5. The van der Waals surface area contributed by atoms with E-state index in [9.17, 15) is 14.0 Å². The summed E-state index contributed by atoms with van der Waals surface area (Å²) in [5.74, 6) is -0.0680. The molecule has 0 spiro atoms. The number of hydrogen-bond acceptors (Lipinski definition) is 3. The highest BCUT2D eigenvalue weighted by molar-refractivity contribution is 6.30. The first-order valence-electron chi connectivity index (χ1n) is 8.50. The molecule has 1 aliphatic rings. The number of ether oxygens (including phenoxy) is 1. The molecule has 0 aliphatic carbocycles. The minimum absolute atomic E-state index is 0.0144. The largest absolute Gasteiger partial charge is 0.492 e. The SMILES string of the molecule is O=C(CN1CCN(c2ccc(Cl)cc2)C1=O)NCCOc1ccc(F)cc1. The molecule has 2 aromatic rings. The maximum Gasteiger partial charge on any atom is 0.325 e. The van der Waals surface area contributed by atoms with Gasteiger partial charge in [0.2, 0.25) is 5.91 Å². The van der Waals surface area contributed by atoms with Crippen LogP contribution in [0.4, 0.5) is 14.9 Å². The van der Waals surface area contributed by atoms with Gasteiger partial charge in [-0.15, -0.1) is 0 Å². The molecular formula is C19H19ClFN3O3. The maximum absolute atomic E-state index is 12.8. The van der Waals surface area contributed by atoms with E-state index in [0.29, 0.717) is 30.4 Å². The number of hydrogen-bond donors (Lipinski definition) is 1. The van der Waals surface area contributed by atoms with Crippen molar-refractivity contribution in [2.45, 2.75) is 0 Å². The molecular weight excluding hydrogens is 373 g/mol. The molecule has 1 N–H and O–H groups in total. The van der Waals surface area contributed by atoms with E-state index >= 15 is 0 Å². The van der Waals surface area contributed by atoms with Gasteiger partial charge in [-0.3, -0.25) is 9.69 Å². The van der Waals surface area contributed by atoms with Crippen LogP contribution in [0.25, 0.3) is 0 Å². The quantitative estimate of drug-likeness (QED) is 0.738. The lowest BCUT2D eigenvalue weighted by atomic mass is 10.3. The molecule has 0 radical (unpaired) electrons. The zero-order valence-corrected chi connectivity index (χ0v) is 15.3. The second-order valence-electron chi connectivity index (χ2n) is 5.98. The van der Waals surface area contributed by atoms with E-state index in [0.717, 1.165) is 5.69 Å². The number of amides is 3. The van der Waals surface area contributed by atoms with Gasteiger partial charge >= 0.3 is 6.03 Å². The van der Waals surface area contributed by atoms with E-state index in [1.807, 2.05) is 0 Å². The number of halogens is 2. The van der Waals surface area contributed by atoms with Crippen LogP contribution in [-0.2, 0) is 4.79 Å². The number of rotatable bonds is 7. The van der Waals surface area contributed by atoms with Gasteiger partial charge in [-0.1, -0.05) is 11.6 Å². The van der Waals surface area contributed by atoms with E-state index in [4.69, 9.17) is 16.3 Å². The number of nitrogens with one attached hydrogen (secondary N) is 1. The fourth-order valence-corrected chi connectivity index (χ4v) is 2.84. The molecule has 8 heteroatoms. The highest BCUT2D eigenvalue weighted by Crippen LogP contribution is 2.22. The summed E-state index contributed by atoms with van der Waals surface area (Å²) < 4.78 is 18.2. The molecule has 0 atom stereocenters. The third-order valence-corrected chi connectivity index (χ3v) is 4.33. The Balaban J connectivity index is 1.41. The van der Waals surface area contributed by atoms with Crippen LogP contribution in [0.15, 0.2) is 48.5 Å². The van der Waals surface area contributed by atoms with Crippen LogP contribution in [0, 0.1) is 5.82 Å². The molecule has 3 rings (SSSR count). The molecule has 0 unspecified atom stereocenters. The van der Waals surface area contributed by atoms with Crippen LogP contribution in [0.2, 0.25) is 5.02 Å². The van der Waals surface area contributed by atoms with Crippen LogP contribution in [0.1, 0.15) is 0 Å². The first-order valence-corrected chi connectivity index (χ1v) is 8.88. The Kier molecular flexibility index (Phi) is 6.13. The van der Waals surface area contributed by atoms with Gasteiger partial charge < -0.3 is 15.0 Å². The van der Waals surface area contributed by atoms with Gasteiger partial charge in [0.05, 0.1) is 6.54 Å². The van der Waals surface area contributed by atoms with Gasteiger partial charge in [-0.05, 0) is 48.5 Å². The van der Waals surface area contributed by atoms with Crippen LogP contribution >= 0.6 is 11.6 Å². The number of anilines is 1. The van der Waals surface area contributed by atoms with E-state index in [-0.39, 0.29) is 30.9 Å². The standard InChI is InChI=1S/C19H19ClFN3O3/c20-14-1-5-16(6-2-14)24-11-10-23(19(24)26)13-18(25)22-9-12-27-17-7-3-15(21)4-8-17/h1-8H,9-13H2,(H,22,25). The van der Waals surface area contributed by atoms with Crippen molar-refractivity contribution in [3.63, 3.8) is 0 Å². The summed E-state index contributed by atoms with van der Waals surface area (Å²) in [6, 6.07) is 12.4. The number of carbonyl (C=O) groups is 2. The van der Waals surface area contributed by atoms with Crippen molar-refractivity contribution in [3.8, 4) is 5.75 Å². The van der Waals surface area contributed by atoms with Crippen molar-refractivity contribution in [2.75, 3.05) is 37.7 Å². The molecule has 1 aliphatic heterocycles. The summed E-state index contributed by atoms with van der Waals surface area (Å²) in [5.41, 5.74) is 0.750. The van der Waals surface area contributed by atoms with Crippen LogP contribution < -0.4 is 15.0 Å². The van der Waals surface area contributed by atoms with E-state index in [1.54, 1.807) is 29.2 Å². The van der Waals surface area contributed by atoms with Gasteiger partial charge in [0.15, 0.2) is 0 Å². The second-order valence-corrected chi connectivity index (χ2v) is 6.42. The summed E-state index contributed by atoms with van der Waals surface area (Å²) in [4.78, 5) is 27.6. The topological polar surface area (TPSA) is 61.9 Å². The van der Waals surface area contributed by atoms with Crippen molar-refractivity contribution in [3.05, 3.63) is 59.4 Å². The zero-order chi connectivity index (χ0) is 19.2. The number of urea groups is 1. The average Bonchev–Trinajstić information content (AvgIpc) is 3.01. The van der Waals surface area contributed by atoms with Gasteiger partial charge in [-0.2, -0.15) is 0 Å². The first kappa shape index (κ1) is 19.0. The predicted molar refractivity (Wildman–Crippen MR) is 101 cm³/mol. The van der Waals surface area contributed by atoms with E-state index < -0.39 is 0 Å². The summed E-state index contributed by atoms with van der Waals surface area (Å²) >= 11 is 5.87. The molecule has 1 heterocycles. The van der Waals surface area contributed by atoms with E-state index in [2.05, 4.69) is 5.32 Å². The third kappa shape index (κ3) is 5.10. The molecule has 0 saturated carbocycles. The Labute approximate surface area is 161 Å². The fourth-order valence-electron chi connectivity index (χ4n) is 2.71. The lowest BCUT2D eigenvalue weighted by Gasteiger charge is -2.18. The van der Waals surface area contributed by atoms with Gasteiger partial charge in [0.25, 0.3) is 0 Å². The molecule has 1 saturated heterocycles. The monoisotopic (exact) mass is 391 g/mol. The molecule has 142 valence electrons. The van der Waals surface area contributed by atoms with Crippen LogP contribution in [0.5, 0.6) is 5.75 Å². The zero-order valence-electron chi connectivity index (χ0n) is 14.5. The number of benzene rings is 2. The van der Waals surface area contributed by atoms with Crippen molar-refractivity contribution in [1.82, 2.24) is 10.2 Å². The van der Waals surface area contributed by atoms with Crippen LogP contribution in [0.3, 0.4) is 0 Å². The summed E-state index contributed by atoms with van der Waals surface area (Å²) in [5, 5.41) is 3.31. The van der Waals surface area contributed by atoms with Crippen LogP contribution in [-0.4, -0.2) is 49.6 Å². The summed E-state index contributed by atoms with van der Waals surface area (Å²) in [6.07, 6.45) is 0. The first-order chi connectivity index (χ1) is 13.0. The van der Waals surface area contributed by atoms with Crippen molar-refractivity contribution in [1.29, 1.82) is 0 Å². The Hall–Kier alpha value is -2.80. The average molecular weight is 392 g/mol. The molecule has 0 bridgehead atoms. The van der Waals surface area contributed by atoms with E-state index in [1.165, 1.54) is 29.2 Å². The number of carbonyl (C=O) groups excluding carboxylic acids is 2. The molecule has 2 aromatic carbocycles. The molecule has 1 fully saturated rings. The Morgan fingerprint density at radius 2 is 1.81 bits per heavy atom. The molecule has 0 aromatic heterocycles. The smallest absolute Gasteiger partial charge is 0.325 e. The maximum atomic E-state index is 12.8.